The number of hydrogen-bond acceptors (Lipinski definition) is 2. The average molecular weight is 343 g/mol. The molecule has 2 aromatic carbocycles. The molecular formula is C19H19ClN2O2. The number of carbonyl (C=O) groups excluding carboxylic acids is 2. The van der Waals surface area contributed by atoms with E-state index in [1.165, 1.54) is 0 Å². The molecule has 4 nitrogen and oxygen atoms in total. The number of anilines is 1. The second kappa shape index (κ2) is 7.05. The highest BCUT2D eigenvalue weighted by atomic mass is 35.5. The van der Waals surface area contributed by atoms with Gasteiger partial charge in [-0.05, 0) is 49.6 Å². The van der Waals surface area contributed by atoms with Gasteiger partial charge in [-0.1, -0.05) is 29.8 Å². The number of halogens is 1. The first kappa shape index (κ1) is 16.5. The third kappa shape index (κ3) is 3.44. The van der Waals surface area contributed by atoms with Gasteiger partial charge in [0.05, 0.1) is 21.8 Å². The zero-order valence-corrected chi connectivity index (χ0v) is 14.3. The Bertz CT molecular complexity index is 783. The number of hydrogen-bond donors (Lipinski definition) is 1. The van der Waals surface area contributed by atoms with E-state index in [2.05, 4.69) is 5.32 Å². The summed E-state index contributed by atoms with van der Waals surface area (Å²) in [5.74, 6) is -0.361. The summed E-state index contributed by atoms with van der Waals surface area (Å²) < 4.78 is 0. The molecule has 0 aliphatic carbocycles. The summed E-state index contributed by atoms with van der Waals surface area (Å²) in [6, 6.07) is 12.4. The SMILES string of the molecule is Cc1ccc(C(=O)Nc2ccccc2C(=O)N2CCCC2)c(Cl)c1. The summed E-state index contributed by atoms with van der Waals surface area (Å²) in [6.45, 7) is 3.45. The average Bonchev–Trinajstić information content (AvgIpc) is 3.09. The number of nitrogens with zero attached hydrogens (tertiary/aromatic N) is 1. The van der Waals surface area contributed by atoms with E-state index in [-0.39, 0.29) is 11.8 Å². The van der Waals surface area contributed by atoms with Crippen LogP contribution in [0.25, 0.3) is 0 Å². The lowest BCUT2D eigenvalue weighted by atomic mass is 10.1. The third-order valence-corrected chi connectivity index (χ3v) is 4.48. The molecule has 0 unspecified atom stereocenters. The van der Waals surface area contributed by atoms with E-state index < -0.39 is 0 Å². The van der Waals surface area contributed by atoms with Crippen LogP contribution in [0.3, 0.4) is 0 Å². The van der Waals surface area contributed by atoms with Gasteiger partial charge in [-0.3, -0.25) is 9.59 Å². The Morgan fingerprint density at radius 2 is 1.75 bits per heavy atom. The number of carbonyl (C=O) groups is 2. The van der Waals surface area contributed by atoms with Crippen LogP contribution in [0.1, 0.15) is 39.1 Å². The Hall–Kier alpha value is -2.33. The molecule has 0 radical (unpaired) electrons. The molecule has 1 heterocycles. The molecule has 3 rings (SSSR count). The van der Waals surface area contributed by atoms with E-state index in [0.717, 1.165) is 31.5 Å². The van der Waals surface area contributed by atoms with E-state index in [4.69, 9.17) is 11.6 Å². The summed E-state index contributed by atoms with van der Waals surface area (Å²) in [5.41, 5.74) is 2.40. The molecule has 5 heteroatoms. The Kier molecular flexibility index (Phi) is 4.86. The molecule has 24 heavy (non-hydrogen) atoms. The van der Waals surface area contributed by atoms with Crippen molar-refractivity contribution in [3.8, 4) is 0 Å². The van der Waals surface area contributed by atoms with Gasteiger partial charge in [-0.15, -0.1) is 0 Å². The molecule has 1 aliphatic heterocycles. The van der Waals surface area contributed by atoms with Gasteiger partial charge in [0.15, 0.2) is 0 Å². The number of nitrogens with one attached hydrogen (secondary N) is 1. The molecule has 1 N–H and O–H groups in total. The first-order valence-electron chi connectivity index (χ1n) is 8.02. The number of benzene rings is 2. The van der Waals surface area contributed by atoms with Crippen molar-refractivity contribution in [1.29, 1.82) is 0 Å². The number of aryl methyl sites for hydroxylation is 1. The lowest BCUT2D eigenvalue weighted by Gasteiger charge is -2.18. The summed E-state index contributed by atoms with van der Waals surface area (Å²) >= 11 is 6.16. The largest absolute Gasteiger partial charge is 0.339 e. The molecule has 0 spiro atoms. The Morgan fingerprint density at radius 1 is 1.04 bits per heavy atom. The van der Waals surface area contributed by atoms with Gasteiger partial charge in [0.1, 0.15) is 0 Å². The normalized spacial score (nSPS) is 13.8. The molecule has 2 aromatic rings. The van der Waals surface area contributed by atoms with Crippen molar-refractivity contribution >= 4 is 29.1 Å². The lowest BCUT2D eigenvalue weighted by Crippen LogP contribution is -2.28. The molecule has 0 bridgehead atoms. The minimum absolute atomic E-state index is 0.0431. The highest BCUT2D eigenvalue weighted by Crippen LogP contribution is 2.23. The predicted octanol–water partition coefficient (Wildman–Crippen LogP) is 4.14. The first-order valence-corrected chi connectivity index (χ1v) is 8.40. The molecule has 1 fully saturated rings. The first-order chi connectivity index (χ1) is 11.6. The van der Waals surface area contributed by atoms with Crippen LogP contribution in [0.15, 0.2) is 42.5 Å². The van der Waals surface area contributed by atoms with E-state index in [1.807, 2.05) is 17.9 Å². The fourth-order valence-electron chi connectivity index (χ4n) is 2.86. The van der Waals surface area contributed by atoms with Crippen LogP contribution in [0.5, 0.6) is 0 Å². The topological polar surface area (TPSA) is 49.4 Å². The second-order valence-electron chi connectivity index (χ2n) is 5.98. The summed E-state index contributed by atoms with van der Waals surface area (Å²) in [5, 5.41) is 3.22. The van der Waals surface area contributed by atoms with Crippen LogP contribution in [-0.2, 0) is 0 Å². The molecular weight excluding hydrogens is 324 g/mol. The minimum Gasteiger partial charge on any atom is -0.339 e. The van der Waals surface area contributed by atoms with Crippen molar-refractivity contribution in [1.82, 2.24) is 4.90 Å². The van der Waals surface area contributed by atoms with Gasteiger partial charge in [0, 0.05) is 13.1 Å². The molecule has 0 aromatic heterocycles. The molecule has 1 aliphatic rings. The van der Waals surface area contributed by atoms with Crippen molar-refractivity contribution in [2.75, 3.05) is 18.4 Å². The van der Waals surface area contributed by atoms with Crippen LogP contribution >= 0.6 is 11.6 Å². The fourth-order valence-corrected chi connectivity index (χ4v) is 3.18. The van der Waals surface area contributed by atoms with Crippen molar-refractivity contribution < 1.29 is 9.59 Å². The quantitative estimate of drug-likeness (QED) is 0.911. The maximum Gasteiger partial charge on any atom is 0.257 e. The standard InChI is InChI=1S/C19H19ClN2O2/c1-13-8-9-14(16(20)12-13)18(23)21-17-7-3-2-6-15(17)19(24)22-10-4-5-11-22/h2-3,6-9,12H,4-5,10-11H2,1H3,(H,21,23). The van der Waals surface area contributed by atoms with Crippen molar-refractivity contribution in [3.05, 3.63) is 64.2 Å². The summed E-state index contributed by atoms with van der Waals surface area (Å²) in [4.78, 5) is 27.0. The Morgan fingerprint density at radius 3 is 2.46 bits per heavy atom. The van der Waals surface area contributed by atoms with Gasteiger partial charge in [0.25, 0.3) is 11.8 Å². The van der Waals surface area contributed by atoms with E-state index in [0.29, 0.717) is 21.8 Å². The maximum absolute atomic E-state index is 12.6. The van der Waals surface area contributed by atoms with Crippen LogP contribution < -0.4 is 5.32 Å². The predicted molar refractivity (Wildman–Crippen MR) is 95.7 cm³/mol. The summed E-state index contributed by atoms with van der Waals surface area (Å²) in [7, 11) is 0. The number of rotatable bonds is 3. The van der Waals surface area contributed by atoms with Gasteiger partial charge < -0.3 is 10.2 Å². The monoisotopic (exact) mass is 342 g/mol. The smallest absolute Gasteiger partial charge is 0.257 e. The van der Waals surface area contributed by atoms with Crippen LogP contribution in [-0.4, -0.2) is 29.8 Å². The van der Waals surface area contributed by atoms with Crippen molar-refractivity contribution in [2.45, 2.75) is 19.8 Å². The minimum atomic E-state index is -0.318. The maximum atomic E-state index is 12.6. The van der Waals surface area contributed by atoms with Crippen molar-refractivity contribution in [2.24, 2.45) is 0 Å². The van der Waals surface area contributed by atoms with Gasteiger partial charge in [0.2, 0.25) is 0 Å². The van der Waals surface area contributed by atoms with Crippen LogP contribution in [0.2, 0.25) is 5.02 Å². The number of para-hydroxylation sites is 1. The fraction of sp³-hybridized carbons (Fsp3) is 0.263. The van der Waals surface area contributed by atoms with Gasteiger partial charge in [-0.2, -0.15) is 0 Å². The molecule has 0 saturated carbocycles. The molecule has 2 amide bonds. The van der Waals surface area contributed by atoms with E-state index in [9.17, 15) is 9.59 Å². The lowest BCUT2D eigenvalue weighted by molar-refractivity contribution is 0.0794. The van der Waals surface area contributed by atoms with Gasteiger partial charge >= 0.3 is 0 Å². The van der Waals surface area contributed by atoms with E-state index >= 15 is 0 Å². The Balaban J connectivity index is 1.84. The highest BCUT2D eigenvalue weighted by Gasteiger charge is 2.22. The van der Waals surface area contributed by atoms with E-state index in [1.54, 1.807) is 36.4 Å². The molecule has 124 valence electrons. The molecule has 1 saturated heterocycles. The number of amides is 2. The van der Waals surface area contributed by atoms with Crippen LogP contribution in [0.4, 0.5) is 5.69 Å². The van der Waals surface area contributed by atoms with Crippen molar-refractivity contribution in [3.63, 3.8) is 0 Å². The number of likely N-dealkylation sites (tertiary alicyclic amines) is 1. The zero-order valence-electron chi connectivity index (χ0n) is 13.5. The highest BCUT2D eigenvalue weighted by molar-refractivity contribution is 6.34. The second-order valence-corrected chi connectivity index (χ2v) is 6.39. The third-order valence-electron chi connectivity index (χ3n) is 4.17. The zero-order chi connectivity index (χ0) is 17.1. The van der Waals surface area contributed by atoms with Crippen LogP contribution in [0, 0.1) is 6.92 Å². The van der Waals surface area contributed by atoms with Gasteiger partial charge in [-0.25, -0.2) is 0 Å². The Labute approximate surface area is 146 Å². The summed E-state index contributed by atoms with van der Waals surface area (Å²) in [6.07, 6.45) is 2.05. The molecule has 0 atom stereocenters.